The van der Waals surface area contributed by atoms with Crippen LogP contribution < -0.4 is 10.5 Å². The number of nitrogens with two attached hydrogens (primary N) is 1. The lowest BCUT2D eigenvalue weighted by Gasteiger charge is -2.24. The van der Waals surface area contributed by atoms with Gasteiger partial charge in [0.2, 0.25) is 5.54 Å². The Kier molecular flexibility index (Phi) is 10.5. The third-order valence-corrected chi connectivity index (χ3v) is 7.23. The summed E-state index contributed by atoms with van der Waals surface area (Å²) in [6.45, 7) is 3.42. The maximum absolute atomic E-state index is 13.1. The number of aliphatic carboxylic acids is 1. The van der Waals surface area contributed by atoms with Crippen LogP contribution in [-0.4, -0.2) is 49.2 Å². The van der Waals surface area contributed by atoms with Crippen molar-refractivity contribution >= 4 is 23.1 Å². The Bertz CT molecular complexity index is 1530. The summed E-state index contributed by atoms with van der Waals surface area (Å²) in [6.07, 6.45) is 0.754. The van der Waals surface area contributed by atoms with E-state index in [9.17, 15) is 14.7 Å². The molecule has 222 valence electrons. The highest BCUT2D eigenvalue weighted by molar-refractivity contribution is 6.05. The van der Waals surface area contributed by atoms with Crippen LogP contribution in [0, 0.1) is 0 Å². The van der Waals surface area contributed by atoms with Gasteiger partial charge in [0.25, 0.3) is 0 Å². The van der Waals surface area contributed by atoms with Gasteiger partial charge in [0.05, 0.1) is 0 Å². The van der Waals surface area contributed by atoms with Crippen LogP contribution in [0.2, 0.25) is 0 Å². The number of carbonyl (C=O) groups excluding carboxylic acids is 1. The number of carboxylic acid groups (broad SMARTS) is 1. The van der Waals surface area contributed by atoms with Gasteiger partial charge in [0.1, 0.15) is 19.0 Å². The van der Waals surface area contributed by atoms with Crippen LogP contribution in [0.5, 0.6) is 5.75 Å². The Hall–Kier alpha value is -4.72. The van der Waals surface area contributed by atoms with E-state index in [1.165, 1.54) is 0 Å². The zero-order valence-corrected chi connectivity index (χ0v) is 24.8. The number of rotatable bonds is 13. The first-order valence-electron chi connectivity index (χ1n) is 14.2. The minimum atomic E-state index is -2.37. The van der Waals surface area contributed by atoms with Gasteiger partial charge in [-0.2, -0.15) is 0 Å². The third kappa shape index (κ3) is 7.57. The molecule has 43 heavy (non-hydrogen) atoms. The Morgan fingerprint density at radius 2 is 1.35 bits per heavy atom. The Morgan fingerprint density at radius 3 is 1.88 bits per heavy atom. The second-order valence-corrected chi connectivity index (χ2v) is 10.5. The molecule has 4 aromatic carbocycles. The summed E-state index contributed by atoms with van der Waals surface area (Å²) < 4.78 is 11.3. The summed E-state index contributed by atoms with van der Waals surface area (Å²) in [7, 11) is 4.01. The van der Waals surface area contributed by atoms with Gasteiger partial charge in [-0.1, -0.05) is 104 Å². The van der Waals surface area contributed by atoms with Crippen molar-refractivity contribution in [2.24, 2.45) is 5.73 Å². The van der Waals surface area contributed by atoms with E-state index in [4.69, 9.17) is 15.2 Å². The van der Waals surface area contributed by atoms with Crippen molar-refractivity contribution in [2.45, 2.75) is 25.5 Å². The Morgan fingerprint density at radius 1 is 0.791 bits per heavy atom. The predicted molar refractivity (Wildman–Crippen MR) is 169 cm³/mol. The largest absolute Gasteiger partial charge is 0.492 e. The molecule has 3 N–H and O–H groups in total. The number of nitrogens with zero attached hydrogens (tertiary/aromatic N) is 1. The smallest absolute Gasteiger partial charge is 0.342 e. The molecule has 4 aromatic rings. The molecule has 0 aliphatic rings. The van der Waals surface area contributed by atoms with Gasteiger partial charge in [-0.25, -0.2) is 9.59 Å². The van der Waals surface area contributed by atoms with Crippen molar-refractivity contribution in [1.29, 1.82) is 0 Å². The average Bonchev–Trinajstić information content (AvgIpc) is 3.03. The molecule has 0 heterocycles. The molecule has 0 aliphatic heterocycles. The van der Waals surface area contributed by atoms with Gasteiger partial charge in [0.15, 0.2) is 0 Å². The van der Waals surface area contributed by atoms with Crippen LogP contribution in [0.4, 0.5) is 0 Å². The number of hydrogen-bond donors (Lipinski definition) is 2. The number of ether oxygens (including phenoxy) is 2. The lowest BCUT2D eigenvalue weighted by molar-refractivity contribution is -0.162. The quantitative estimate of drug-likeness (QED) is 0.114. The maximum Gasteiger partial charge on any atom is 0.342 e. The lowest BCUT2D eigenvalue weighted by Crippen LogP contribution is -2.52. The number of hydrogen-bond acceptors (Lipinski definition) is 6. The average molecular weight is 579 g/mol. The van der Waals surface area contributed by atoms with Gasteiger partial charge in [-0.3, -0.25) is 0 Å². The van der Waals surface area contributed by atoms with Crippen LogP contribution in [0.1, 0.15) is 41.2 Å². The van der Waals surface area contributed by atoms with Gasteiger partial charge in [-0.05, 0) is 71.6 Å². The van der Waals surface area contributed by atoms with E-state index in [0.29, 0.717) is 6.61 Å². The molecule has 0 saturated carbocycles. The van der Waals surface area contributed by atoms with E-state index in [1.807, 2.05) is 74.8 Å². The summed E-state index contributed by atoms with van der Waals surface area (Å²) in [5.74, 6) is -1.74. The molecular weight excluding hydrogens is 540 g/mol. The van der Waals surface area contributed by atoms with E-state index in [0.717, 1.165) is 52.1 Å². The monoisotopic (exact) mass is 578 g/mol. The van der Waals surface area contributed by atoms with Crippen molar-refractivity contribution in [1.82, 2.24) is 4.90 Å². The van der Waals surface area contributed by atoms with Crippen LogP contribution in [0.25, 0.3) is 11.1 Å². The molecular formula is C36H38N2O5. The van der Waals surface area contributed by atoms with Crippen molar-refractivity contribution in [3.8, 4) is 5.75 Å². The van der Waals surface area contributed by atoms with E-state index < -0.39 is 17.5 Å². The van der Waals surface area contributed by atoms with Crippen LogP contribution in [0.15, 0.2) is 109 Å². The molecule has 0 spiro atoms. The zero-order chi connectivity index (χ0) is 30.8. The zero-order valence-electron chi connectivity index (χ0n) is 24.8. The van der Waals surface area contributed by atoms with E-state index >= 15 is 0 Å². The fraction of sp³-hybridized carbons (Fsp3) is 0.222. The summed E-state index contributed by atoms with van der Waals surface area (Å²) >= 11 is 0. The van der Waals surface area contributed by atoms with Crippen LogP contribution in [-0.2, 0) is 26.5 Å². The fourth-order valence-corrected chi connectivity index (χ4v) is 4.81. The molecule has 4 rings (SSSR count). The minimum absolute atomic E-state index is 0.0807. The minimum Gasteiger partial charge on any atom is -0.492 e. The second-order valence-electron chi connectivity index (χ2n) is 10.5. The molecule has 0 saturated heterocycles. The number of carboxylic acids is 1. The van der Waals surface area contributed by atoms with Crippen molar-refractivity contribution in [2.75, 3.05) is 27.2 Å². The molecule has 7 heteroatoms. The van der Waals surface area contributed by atoms with Crippen LogP contribution in [0.3, 0.4) is 0 Å². The molecule has 0 fully saturated rings. The molecule has 0 aromatic heterocycles. The summed E-state index contributed by atoms with van der Waals surface area (Å²) in [5, 5.41) is 10.1. The first-order chi connectivity index (χ1) is 20.7. The number of carbonyl (C=O) groups is 2. The molecule has 0 radical (unpaired) electrons. The van der Waals surface area contributed by atoms with Crippen molar-refractivity contribution < 1.29 is 24.2 Å². The number of likely N-dealkylation sites (N-methyl/N-ethyl adjacent to an activating group) is 1. The van der Waals surface area contributed by atoms with Gasteiger partial charge >= 0.3 is 11.9 Å². The highest BCUT2D eigenvalue weighted by Gasteiger charge is 2.46. The predicted octanol–water partition coefficient (Wildman–Crippen LogP) is 5.98. The van der Waals surface area contributed by atoms with Gasteiger partial charge in [0, 0.05) is 6.54 Å². The second kappa shape index (κ2) is 14.4. The lowest BCUT2D eigenvalue weighted by atomic mass is 9.85. The van der Waals surface area contributed by atoms with Crippen molar-refractivity contribution in [3.63, 3.8) is 0 Å². The Balaban J connectivity index is 1.70. The maximum atomic E-state index is 13.1. The number of esters is 1. The number of allylic oxidation sites excluding steroid dienone is 1. The third-order valence-electron chi connectivity index (χ3n) is 7.23. The fourth-order valence-electron chi connectivity index (χ4n) is 4.81. The van der Waals surface area contributed by atoms with E-state index in [2.05, 4.69) is 24.0 Å². The van der Waals surface area contributed by atoms with Gasteiger partial charge < -0.3 is 25.2 Å². The SMILES string of the molecule is CCC(=C(c1ccc(OCCN(C)C)cc1)c1ccc(C(N)(C(=O)O)C(=O)OCc2ccccc2)cc1)c1ccccc1. The summed E-state index contributed by atoms with van der Waals surface area (Å²) in [4.78, 5) is 27.5. The van der Waals surface area contributed by atoms with Crippen molar-refractivity contribution in [3.05, 3.63) is 137 Å². The first-order valence-corrected chi connectivity index (χ1v) is 14.2. The normalized spacial score (nSPS) is 13.1. The molecule has 1 unspecified atom stereocenters. The van der Waals surface area contributed by atoms with E-state index in [-0.39, 0.29) is 12.2 Å². The first kappa shape index (κ1) is 31.2. The standard InChI is InChI=1S/C36H38N2O5/c1-4-32(27-13-9-6-10-14-27)33(29-17-21-31(22-18-29)42-24-23-38(2)3)28-15-19-30(20-16-28)36(37,34(39)40)35(41)43-25-26-11-7-5-8-12-26/h5-22H,4,23-25,37H2,1-3H3,(H,39,40). The molecule has 0 amide bonds. The van der Waals surface area contributed by atoms with E-state index in [1.54, 1.807) is 36.4 Å². The molecule has 0 aliphatic carbocycles. The van der Waals surface area contributed by atoms with Gasteiger partial charge in [-0.15, -0.1) is 0 Å². The molecule has 7 nitrogen and oxygen atoms in total. The molecule has 1 atom stereocenters. The summed E-state index contributed by atoms with van der Waals surface area (Å²) in [5.41, 5.74) is 9.78. The Labute approximate surface area is 253 Å². The molecule has 0 bridgehead atoms. The van der Waals surface area contributed by atoms with Crippen LogP contribution >= 0.6 is 0 Å². The topological polar surface area (TPSA) is 102 Å². The highest BCUT2D eigenvalue weighted by atomic mass is 16.5. The number of benzene rings is 4. The highest BCUT2D eigenvalue weighted by Crippen LogP contribution is 2.36. The summed E-state index contributed by atoms with van der Waals surface area (Å²) in [6, 6.07) is 33.9.